The molecule has 0 fully saturated rings. The van der Waals surface area contributed by atoms with E-state index in [1.807, 2.05) is 112 Å². The summed E-state index contributed by atoms with van der Waals surface area (Å²) in [5.41, 5.74) is 7.89. The molecule has 0 aliphatic rings. The first-order valence-corrected chi connectivity index (χ1v) is 19.1. The summed E-state index contributed by atoms with van der Waals surface area (Å²) in [5.74, 6) is -0.276. The highest BCUT2D eigenvalue weighted by molar-refractivity contribution is 6.11. The van der Waals surface area contributed by atoms with Gasteiger partial charge in [0.25, 0.3) is 11.8 Å². The number of rotatable bonds is 10. The number of fused-ring (bicyclic) bond motifs is 8. The van der Waals surface area contributed by atoms with Crippen molar-refractivity contribution in [3.05, 3.63) is 128 Å². The molecule has 0 spiro atoms. The minimum absolute atomic E-state index is 0.0234. The second-order valence-electron chi connectivity index (χ2n) is 15.2. The molecule has 2 amide bonds. The molecule has 8 aromatic rings. The van der Waals surface area contributed by atoms with E-state index in [1.165, 1.54) is 0 Å². The van der Waals surface area contributed by atoms with Gasteiger partial charge in [-0.25, -0.2) is 9.97 Å². The number of hydrogen-bond donors (Lipinski definition) is 4. The molecule has 4 N–H and O–H groups in total. The summed E-state index contributed by atoms with van der Waals surface area (Å²) in [4.78, 5) is 72.0. The monoisotopic (exact) mass is 777 g/mol. The Labute approximate surface area is 334 Å². The second kappa shape index (κ2) is 16.9. The molecular weight excluding hydrogens is 731 g/mol. The SMILES string of the molecule is CN(C)CCNC(=O)c1cccc2nc3ccc4c(CN(C)C)c(=O)ccc4c3[nH]c12.CN(C)CCNC(=O)c1cccc2nc3ccc4cc(=O)ccc4c3[nH]c12. The summed E-state index contributed by atoms with van der Waals surface area (Å²) in [5, 5.41) is 9.49. The highest BCUT2D eigenvalue weighted by Crippen LogP contribution is 2.28. The van der Waals surface area contributed by atoms with Crippen molar-refractivity contribution in [2.24, 2.45) is 0 Å². The lowest BCUT2D eigenvalue weighted by Crippen LogP contribution is -2.31. The molecular formula is C45H47N9O4. The molecule has 8 rings (SSSR count). The number of nitrogens with zero attached hydrogens (tertiary/aromatic N) is 5. The van der Waals surface area contributed by atoms with Crippen molar-refractivity contribution in [1.82, 2.24) is 45.3 Å². The average molecular weight is 778 g/mol. The first-order valence-electron chi connectivity index (χ1n) is 19.1. The van der Waals surface area contributed by atoms with Crippen molar-refractivity contribution in [3.63, 3.8) is 0 Å². The van der Waals surface area contributed by atoms with Gasteiger partial charge in [0.2, 0.25) is 0 Å². The number of para-hydroxylation sites is 2. The molecule has 13 nitrogen and oxygen atoms in total. The van der Waals surface area contributed by atoms with Gasteiger partial charge in [0.1, 0.15) is 0 Å². The van der Waals surface area contributed by atoms with E-state index in [9.17, 15) is 19.2 Å². The minimum atomic E-state index is -0.139. The summed E-state index contributed by atoms with van der Waals surface area (Å²) >= 11 is 0. The number of hydrogen-bond acceptors (Lipinski definition) is 9. The van der Waals surface area contributed by atoms with Crippen LogP contribution in [0.5, 0.6) is 0 Å². The molecule has 0 radical (unpaired) electrons. The van der Waals surface area contributed by atoms with Gasteiger partial charge in [-0.2, -0.15) is 0 Å². The van der Waals surface area contributed by atoms with Crippen LogP contribution in [0.25, 0.3) is 65.7 Å². The third-order valence-corrected chi connectivity index (χ3v) is 9.94. The number of benzene rings is 6. The molecule has 0 unspecified atom stereocenters. The van der Waals surface area contributed by atoms with Crippen LogP contribution in [0.3, 0.4) is 0 Å². The quantitative estimate of drug-likeness (QED) is 0.110. The van der Waals surface area contributed by atoms with Crippen LogP contribution in [0.4, 0.5) is 0 Å². The fraction of sp³-hybridized carbons (Fsp3) is 0.244. The van der Waals surface area contributed by atoms with Crippen molar-refractivity contribution >= 4 is 77.5 Å². The van der Waals surface area contributed by atoms with Crippen molar-refractivity contribution < 1.29 is 9.59 Å². The molecule has 296 valence electrons. The van der Waals surface area contributed by atoms with Crippen molar-refractivity contribution in [2.75, 3.05) is 68.5 Å². The van der Waals surface area contributed by atoms with Crippen LogP contribution < -0.4 is 21.5 Å². The van der Waals surface area contributed by atoms with E-state index in [-0.39, 0.29) is 22.7 Å². The van der Waals surface area contributed by atoms with Gasteiger partial charge in [-0.15, -0.1) is 0 Å². The smallest absolute Gasteiger partial charge is 0.253 e. The van der Waals surface area contributed by atoms with E-state index < -0.39 is 0 Å². The van der Waals surface area contributed by atoms with Crippen molar-refractivity contribution in [3.8, 4) is 0 Å². The Morgan fingerprint density at radius 1 is 0.552 bits per heavy atom. The third-order valence-electron chi connectivity index (χ3n) is 9.94. The lowest BCUT2D eigenvalue weighted by molar-refractivity contribution is 0.0944. The first kappa shape index (κ1) is 39.7. The zero-order chi connectivity index (χ0) is 41.1. The zero-order valence-electron chi connectivity index (χ0n) is 33.6. The molecule has 0 aliphatic carbocycles. The molecule has 0 atom stereocenters. The van der Waals surface area contributed by atoms with Crippen LogP contribution in [-0.2, 0) is 6.54 Å². The molecule has 2 heterocycles. The predicted molar refractivity (Wildman–Crippen MR) is 234 cm³/mol. The normalized spacial score (nSPS) is 11.7. The maximum absolute atomic E-state index is 12.8. The Kier molecular flexibility index (Phi) is 11.6. The lowest BCUT2D eigenvalue weighted by atomic mass is 10.0. The number of aromatic amines is 2. The van der Waals surface area contributed by atoms with Gasteiger partial charge in [-0.05, 0) is 120 Å². The van der Waals surface area contributed by atoms with Crippen LogP contribution in [0.1, 0.15) is 26.3 Å². The minimum Gasteiger partial charge on any atom is -0.351 e. The highest BCUT2D eigenvalue weighted by atomic mass is 16.2. The maximum Gasteiger partial charge on any atom is 0.253 e. The van der Waals surface area contributed by atoms with Crippen LogP contribution in [0, 0.1) is 0 Å². The fourth-order valence-electron chi connectivity index (χ4n) is 7.06. The average Bonchev–Trinajstić information content (AvgIpc) is 3.19. The largest absolute Gasteiger partial charge is 0.351 e. The lowest BCUT2D eigenvalue weighted by Gasteiger charge is -2.14. The molecule has 0 saturated carbocycles. The summed E-state index contributed by atoms with van der Waals surface area (Å²) < 4.78 is 0. The fourth-order valence-corrected chi connectivity index (χ4v) is 7.06. The van der Waals surface area contributed by atoms with Gasteiger partial charge < -0.3 is 35.3 Å². The number of likely N-dealkylation sites (N-methyl/N-ethyl adjacent to an activating group) is 2. The molecule has 0 aliphatic heterocycles. The van der Waals surface area contributed by atoms with Gasteiger partial charge in [0.05, 0.1) is 55.3 Å². The van der Waals surface area contributed by atoms with Gasteiger partial charge in [0.15, 0.2) is 10.9 Å². The van der Waals surface area contributed by atoms with Crippen molar-refractivity contribution in [2.45, 2.75) is 6.54 Å². The molecule has 2 aromatic heterocycles. The predicted octanol–water partition coefficient (Wildman–Crippen LogP) is 5.10. The highest BCUT2D eigenvalue weighted by Gasteiger charge is 2.16. The Balaban J connectivity index is 0.000000178. The van der Waals surface area contributed by atoms with Crippen LogP contribution in [0.15, 0.2) is 101 Å². The molecule has 6 aromatic carbocycles. The Bertz CT molecular complexity index is 2970. The second-order valence-corrected chi connectivity index (χ2v) is 15.2. The Morgan fingerprint density at radius 2 is 1.05 bits per heavy atom. The molecule has 58 heavy (non-hydrogen) atoms. The van der Waals surface area contributed by atoms with Gasteiger partial charge in [0, 0.05) is 49.1 Å². The third kappa shape index (κ3) is 8.42. The van der Waals surface area contributed by atoms with Crippen LogP contribution in [0.2, 0.25) is 0 Å². The van der Waals surface area contributed by atoms with E-state index >= 15 is 0 Å². The number of carbonyl (C=O) groups is 2. The van der Waals surface area contributed by atoms with E-state index in [1.54, 1.807) is 36.4 Å². The number of carbonyl (C=O) groups excluding carboxylic acids is 2. The Morgan fingerprint density at radius 3 is 1.60 bits per heavy atom. The number of amides is 2. The van der Waals surface area contributed by atoms with Gasteiger partial charge in [-0.3, -0.25) is 19.2 Å². The van der Waals surface area contributed by atoms with Gasteiger partial charge in [-0.1, -0.05) is 24.3 Å². The number of aromatic nitrogens is 4. The maximum atomic E-state index is 12.8. The van der Waals surface area contributed by atoms with E-state index in [4.69, 9.17) is 9.97 Å². The first-order chi connectivity index (χ1) is 27.9. The molecule has 0 bridgehead atoms. The summed E-state index contributed by atoms with van der Waals surface area (Å²) in [6, 6.07) is 27.1. The van der Waals surface area contributed by atoms with E-state index in [2.05, 4.69) is 20.6 Å². The van der Waals surface area contributed by atoms with Crippen LogP contribution in [-0.4, -0.2) is 115 Å². The topological polar surface area (TPSA) is 159 Å². The van der Waals surface area contributed by atoms with Crippen LogP contribution >= 0.6 is 0 Å². The molecule has 0 saturated heterocycles. The molecule has 13 heteroatoms. The van der Waals surface area contributed by atoms with E-state index in [0.29, 0.717) is 41.8 Å². The van der Waals surface area contributed by atoms with Gasteiger partial charge >= 0.3 is 0 Å². The summed E-state index contributed by atoms with van der Waals surface area (Å²) in [6.07, 6.45) is 0. The van der Waals surface area contributed by atoms with Crippen molar-refractivity contribution in [1.29, 1.82) is 0 Å². The summed E-state index contributed by atoms with van der Waals surface area (Å²) in [7, 11) is 11.8. The van der Waals surface area contributed by atoms with E-state index in [0.717, 1.165) is 73.3 Å². The Hall–Kier alpha value is -6.54. The zero-order valence-corrected chi connectivity index (χ0v) is 33.6. The summed E-state index contributed by atoms with van der Waals surface area (Å²) in [6.45, 7) is 3.22. The number of nitrogens with one attached hydrogen (secondary N) is 4. The standard InChI is InChI=1S/C24H27N5O2.C21H20N4O2/c1-28(2)13-12-25-24(31)17-6-5-7-19-23(17)27-22-16-9-11-21(30)18(14-29(3)4)15(16)8-10-20(22)26-19;1-25(2)11-10-22-21(27)16-4-3-5-17-20(16)24-19-15-8-7-14(26)12-13(15)6-9-18(19)23-17/h5-11,27H,12-14H2,1-4H3,(H,25,31);3-9,12,24H,10-11H2,1-2H3,(H,22,27). The number of H-pyrrole nitrogens is 2.